The number of aryl methyl sites for hydroxylation is 1. The largest absolute Gasteiger partial charge is 0.339 e. The van der Waals surface area contributed by atoms with E-state index in [-0.39, 0.29) is 11.8 Å². The molecular formula is C15H15N5O2S. The molecule has 0 aliphatic carbocycles. The van der Waals surface area contributed by atoms with Crippen molar-refractivity contribution >= 4 is 22.9 Å². The van der Waals surface area contributed by atoms with Gasteiger partial charge in [0.1, 0.15) is 0 Å². The first-order valence-corrected chi connectivity index (χ1v) is 8.17. The lowest BCUT2D eigenvalue weighted by Gasteiger charge is -2.12. The molecule has 3 aromatic rings. The molecule has 1 N–H and O–H groups in total. The van der Waals surface area contributed by atoms with Crippen LogP contribution in [-0.4, -0.2) is 32.8 Å². The van der Waals surface area contributed by atoms with E-state index in [9.17, 15) is 4.79 Å². The van der Waals surface area contributed by atoms with Gasteiger partial charge in [0.2, 0.25) is 11.8 Å². The number of aromatic amines is 1. The lowest BCUT2D eigenvalue weighted by molar-refractivity contribution is -0.117. The number of thiophene rings is 1. The Morgan fingerprint density at radius 2 is 2.39 bits per heavy atom. The molecule has 118 valence electrons. The van der Waals surface area contributed by atoms with Gasteiger partial charge in [-0.3, -0.25) is 9.89 Å². The van der Waals surface area contributed by atoms with Crippen LogP contribution in [0, 0.1) is 6.92 Å². The Morgan fingerprint density at radius 1 is 1.48 bits per heavy atom. The molecule has 1 atom stereocenters. The third-order valence-electron chi connectivity index (χ3n) is 3.88. The minimum absolute atomic E-state index is 0.0463. The molecule has 4 rings (SSSR count). The topological polar surface area (TPSA) is 87.9 Å². The van der Waals surface area contributed by atoms with Crippen LogP contribution in [0.1, 0.15) is 33.8 Å². The molecule has 1 aliphatic heterocycles. The molecule has 23 heavy (non-hydrogen) atoms. The molecule has 0 saturated carbocycles. The number of aromatic nitrogens is 4. The number of carbonyl (C=O) groups is 1. The Kier molecular flexibility index (Phi) is 3.45. The number of nitrogens with one attached hydrogen (secondary N) is 1. The maximum Gasteiger partial charge on any atom is 0.232 e. The van der Waals surface area contributed by atoms with E-state index in [0.717, 1.165) is 5.69 Å². The number of hydrogen-bond donors (Lipinski definition) is 1. The van der Waals surface area contributed by atoms with Crippen LogP contribution >= 0.6 is 11.3 Å². The van der Waals surface area contributed by atoms with Crippen LogP contribution in [0.25, 0.3) is 0 Å². The molecule has 3 aromatic heterocycles. The van der Waals surface area contributed by atoms with Crippen molar-refractivity contribution in [2.45, 2.75) is 25.7 Å². The highest BCUT2D eigenvalue weighted by Crippen LogP contribution is 2.30. The standard InChI is InChI=1S/C15H15N5O2S/c1-9-2-3-12(23-9)5-13-18-15(22-19-13)10-4-14(21)20(8-10)11-6-16-17-7-11/h2-3,6-7,10H,4-5,8H2,1H3,(H,16,17). The molecule has 7 nitrogen and oxygen atoms in total. The highest BCUT2D eigenvalue weighted by Gasteiger charge is 2.35. The van der Waals surface area contributed by atoms with E-state index < -0.39 is 0 Å². The first-order chi connectivity index (χ1) is 11.2. The van der Waals surface area contributed by atoms with Crippen molar-refractivity contribution in [3.05, 3.63) is 46.0 Å². The summed E-state index contributed by atoms with van der Waals surface area (Å²) in [5, 5.41) is 10.7. The van der Waals surface area contributed by atoms with Gasteiger partial charge in [-0.15, -0.1) is 11.3 Å². The fraction of sp³-hybridized carbons (Fsp3) is 0.333. The molecule has 1 aliphatic rings. The summed E-state index contributed by atoms with van der Waals surface area (Å²) in [4.78, 5) is 20.8. The molecule has 1 unspecified atom stereocenters. The summed E-state index contributed by atoms with van der Waals surface area (Å²) >= 11 is 1.73. The highest BCUT2D eigenvalue weighted by molar-refractivity contribution is 7.11. The fourth-order valence-electron chi connectivity index (χ4n) is 2.76. The number of hydrogen-bond acceptors (Lipinski definition) is 6. The van der Waals surface area contributed by atoms with Crippen molar-refractivity contribution < 1.29 is 9.32 Å². The Labute approximate surface area is 136 Å². The van der Waals surface area contributed by atoms with E-state index >= 15 is 0 Å². The summed E-state index contributed by atoms with van der Waals surface area (Å²) in [6.45, 7) is 2.61. The lowest BCUT2D eigenvalue weighted by Crippen LogP contribution is -2.23. The Morgan fingerprint density at radius 3 is 3.13 bits per heavy atom. The van der Waals surface area contributed by atoms with E-state index in [1.54, 1.807) is 28.6 Å². The van der Waals surface area contributed by atoms with Gasteiger partial charge in [0.25, 0.3) is 0 Å². The van der Waals surface area contributed by atoms with Crippen LogP contribution in [0.5, 0.6) is 0 Å². The van der Waals surface area contributed by atoms with Gasteiger partial charge in [-0.2, -0.15) is 10.1 Å². The van der Waals surface area contributed by atoms with Gasteiger partial charge in [-0.1, -0.05) is 5.16 Å². The van der Waals surface area contributed by atoms with Crippen LogP contribution in [0.4, 0.5) is 5.69 Å². The average molecular weight is 329 g/mol. The average Bonchev–Trinajstić information content (AvgIpc) is 3.27. The van der Waals surface area contributed by atoms with E-state index in [0.29, 0.717) is 31.1 Å². The second kappa shape index (κ2) is 5.62. The van der Waals surface area contributed by atoms with Gasteiger partial charge >= 0.3 is 0 Å². The number of rotatable bonds is 4. The molecule has 8 heteroatoms. The monoisotopic (exact) mass is 329 g/mol. The normalized spacial score (nSPS) is 18.0. The summed E-state index contributed by atoms with van der Waals surface area (Å²) in [6.07, 6.45) is 4.39. The molecule has 0 aromatic carbocycles. The second-order valence-electron chi connectivity index (χ2n) is 5.60. The van der Waals surface area contributed by atoms with Crippen molar-refractivity contribution in [3.63, 3.8) is 0 Å². The highest BCUT2D eigenvalue weighted by atomic mass is 32.1. The predicted octanol–water partition coefficient (Wildman–Crippen LogP) is 2.27. The second-order valence-corrected chi connectivity index (χ2v) is 6.97. The summed E-state index contributed by atoms with van der Waals surface area (Å²) in [7, 11) is 0. The minimum Gasteiger partial charge on any atom is -0.339 e. The Balaban J connectivity index is 1.48. The van der Waals surface area contributed by atoms with Gasteiger partial charge in [-0.25, -0.2) is 0 Å². The summed E-state index contributed by atoms with van der Waals surface area (Å²) in [6, 6.07) is 4.16. The number of H-pyrrole nitrogens is 1. The maximum atomic E-state index is 12.2. The van der Waals surface area contributed by atoms with E-state index in [1.807, 2.05) is 0 Å². The zero-order chi connectivity index (χ0) is 15.8. The number of carbonyl (C=O) groups excluding carboxylic acids is 1. The van der Waals surface area contributed by atoms with E-state index in [2.05, 4.69) is 39.4 Å². The van der Waals surface area contributed by atoms with Gasteiger partial charge in [-0.05, 0) is 19.1 Å². The quantitative estimate of drug-likeness (QED) is 0.793. The minimum atomic E-state index is -0.0660. The van der Waals surface area contributed by atoms with Gasteiger partial charge < -0.3 is 9.42 Å². The zero-order valence-electron chi connectivity index (χ0n) is 12.5. The van der Waals surface area contributed by atoms with Crippen molar-refractivity contribution in [2.75, 3.05) is 11.4 Å². The molecule has 1 saturated heterocycles. The lowest BCUT2D eigenvalue weighted by atomic mass is 10.1. The number of anilines is 1. The molecule has 0 bridgehead atoms. The van der Waals surface area contributed by atoms with Crippen LogP contribution in [-0.2, 0) is 11.2 Å². The molecule has 4 heterocycles. The summed E-state index contributed by atoms with van der Waals surface area (Å²) < 4.78 is 5.38. The third kappa shape index (κ3) is 2.77. The SMILES string of the molecule is Cc1ccc(Cc2noc(C3CC(=O)N(c4cn[nH]c4)C3)n2)s1. The van der Waals surface area contributed by atoms with E-state index in [4.69, 9.17) is 4.52 Å². The Bertz CT molecular complexity index is 823. The third-order valence-corrected chi connectivity index (χ3v) is 4.88. The van der Waals surface area contributed by atoms with Crippen LogP contribution in [0.15, 0.2) is 29.0 Å². The molecule has 1 amide bonds. The van der Waals surface area contributed by atoms with Gasteiger partial charge in [0.05, 0.1) is 17.8 Å². The van der Waals surface area contributed by atoms with Crippen LogP contribution in [0.3, 0.4) is 0 Å². The van der Waals surface area contributed by atoms with Crippen molar-refractivity contribution in [1.82, 2.24) is 20.3 Å². The van der Waals surface area contributed by atoms with Gasteiger partial charge in [0.15, 0.2) is 5.82 Å². The van der Waals surface area contributed by atoms with E-state index in [1.165, 1.54) is 9.75 Å². The smallest absolute Gasteiger partial charge is 0.232 e. The molecule has 1 fully saturated rings. The zero-order valence-corrected chi connectivity index (χ0v) is 13.3. The number of nitrogens with zero attached hydrogens (tertiary/aromatic N) is 4. The van der Waals surface area contributed by atoms with Gasteiger partial charge in [0, 0.05) is 35.3 Å². The molecular weight excluding hydrogens is 314 g/mol. The number of amides is 1. The van der Waals surface area contributed by atoms with Crippen molar-refractivity contribution in [1.29, 1.82) is 0 Å². The molecule has 0 spiro atoms. The van der Waals surface area contributed by atoms with Crippen molar-refractivity contribution in [3.8, 4) is 0 Å². The Hall–Kier alpha value is -2.48. The fourth-order valence-corrected chi connectivity index (χ4v) is 3.64. The molecule has 0 radical (unpaired) electrons. The summed E-state index contributed by atoms with van der Waals surface area (Å²) in [5.74, 6) is 1.18. The first kappa shape index (κ1) is 14.1. The van der Waals surface area contributed by atoms with Crippen LogP contribution in [0.2, 0.25) is 0 Å². The maximum absolute atomic E-state index is 12.2. The van der Waals surface area contributed by atoms with Crippen molar-refractivity contribution in [2.24, 2.45) is 0 Å². The predicted molar refractivity (Wildman–Crippen MR) is 84.5 cm³/mol. The first-order valence-electron chi connectivity index (χ1n) is 7.36. The summed E-state index contributed by atoms with van der Waals surface area (Å²) in [5.41, 5.74) is 0.770. The van der Waals surface area contributed by atoms with Crippen LogP contribution < -0.4 is 4.90 Å².